The highest BCUT2D eigenvalue weighted by molar-refractivity contribution is 6.31. The number of nitrogens with two attached hydrogens (primary N) is 2. The van der Waals surface area contributed by atoms with Crippen LogP contribution in [0.4, 0.5) is 0 Å². The largest absolute Gasteiger partial charge is 0.476 e. The van der Waals surface area contributed by atoms with Gasteiger partial charge < -0.3 is 60.3 Å². The smallest absolute Gasteiger partial charge is 0.337 e. The number of ether oxygens (including phenoxy) is 6. The summed E-state index contributed by atoms with van der Waals surface area (Å²) in [5.41, 5.74) is 13.5. The van der Waals surface area contributed by atoms with Crippen molar-refractivity contribution in [1.82, 2.24) is 50.4 Å². The molecule has 88 heavy (non-hydrogen) atoms. The van der Waals surface area contributed by atoms with Crippen LogP contribution in [0, 0.1) is 0 Å². The standard InChI is InChI=1S/C60H74Cl2N14O12/c1-35(63)51(77)65-49(55(79)75-21-9-15-47(75)53-67-59(33-87-53,57(81)83-5)25-41-11-7-13-43(61)23-41)37(3)85-31-45-29-73(71-69-45)27-39-17-19-40(20-18-39)28-74-30-46(70-72-74)32-86-38(4)50(66-52(78)36(2)64)56(80)76-22-10-16-48(76)54-68-60(34-88-54,58(82)84-6)26-42-12-8-14-44(62)24-42/h7-8,11-14,17-20,23-24,29-30,35-38,47-50H,9-10,15-16,21-22,25-28,31-34,63-64H2,1-6H3,(H,65,77)(H,66,78)/t35?,36?,37-,38-,47-,48-,49?,50?,59+,60+/m0/s1. The SMILES string of the molecule is COC(=O)[C@@]1(Cc2cccc(Cl)c2)COC([C@@H]2CCCN2C(=O)C(NC(=O)C(C)N)[C@H](C)OCc2cn(Cc3ccc(Cn4cc(CO[C@@H](C)C(NC(=O)C(C)N)C(=O)N5CCC[C@H]5C5=N[C@@](Cc6cccc(Cl)c6)(C(=O)OC)CO5)nn4)cc3)nn2)=N1. The number of methoxy groups -OCH3 is 2. The number of likely N-dealkylation sites (tertiary alicyclic amines) is 2. The zero-order valence-corrected chi connectivity index (χ0v) is 51.4. The van der Waals surface area contributed by atoms with Gasteiger partial charge in [0, 0.05) is 36.0 Å². The Balaban J connectivity index is 0.779. The van der Waals surface area contributed by atoms with Gasteiger partial charge in [-0.05, 0) is 99.9 Å². The second-order valence-corrected chi connectivity index (χ2v) is 23.6. The van der Waals surface area contributed by atoms with Gasteiger partial charge in [0.25, 0.3) is 0 Å². The van der Waals surface area contributed by atoms with E-state index in [4.69, 9.17) is 73.1 Å². The normalized spacial score (nSPS) is 21.9. The molecular weight excluding hydrogens is 1180 g/mol. The molecule has 26 nitrogen and oxygen atoms in total. The number of carbonyl (C=O) groups excluding carboxylic acids is 6. The van der Waals surface area contributed by atoms with E-state index in [2.05, 4.69) is 31.3 Å². The molecule has 470 valence electrons. The molecule has 2 fully saturated rings. The number of nitrogens with zero attached hydrogens (tertiary/aromatic N) is 10. The van der Waals surface area contributed by atoms with Crippen LogP contribution in [0.2, 0.25) is 10.0 Å². The summed E-state index contributed by atoms with van der Waals surface area (Å²) in [6, 6.07) is 16.7. The number of benzene rings is 3. The summed E-state index contributed by atoms with van der Waals surface area (Å²) in [6.07, 6.45) is 4.35. The fourth-order valence-electron chi connectivity index (χ4n) is 11.1. The molecule has 10 atom stereocenters. The number of amides is 4. The van der Waals surface area contributed by atoms with Gasteiger partial charge in [0.1, 0.15) is 48.8 Å². The van der Waals surface area contributed by atoms with Crippen LogP contribution in [0.25, 0.3) is 0 Å². The molecule has 9 rings (SSSR count). The Morgan fingerprint density at radius 1 is 0.614 bits per heavy atom. The zero-order chi connectivity index (χ0) is 62.9. The first-order valence-electron chi connectivity index (χ1n) is 29.1. The number of aromatic nitrogens is 6. The maximum atomic E-state index is 14.5. The zero-order valence-electron chi connectivity index (χ0n) is 49.9. The molecule has 0 radical (unpaired) electrons. The quantitative estimate of drug-likeness (QED) is 0.0578. The van der Waals surface area contributed by atoms with E-state index in [0.29, 0.717) is 73.3 Å². The third-order valence-corrected chi connectivity index (χ3v) is 16.3. The van der Waals surface area contributed by atoms with Crippen molar-refractivity contribution in [1.29, 1.82) is 0 Å². The minimum absolute atomic E-state index is 0.0327. The summed E-state index contributed by atoms with van der Waals surface area (Å²) >= 11 is 12.5. The number of nitrogens with one attached hydrogen (secondary N) is 2. The van der Waals surface area contributed by atoms with Crippen molar-refractivity contribution < 1.29 is 57.2 Å². The first kappa shape index (κ1) is 64.6. The number of aliphatic imine (C=N–C) groups is 2. The van der Waals surface area contributed by atoms with Gasteiger partial charge in [-0.3, -0.25) is 19.2 Å². The van der Waals surface area contributed by atoms with E-state index in [1.165, 1.54) is 28.1 Å². The Hall–Kier alpha value is -7.88. The molecule has 0 spiro atoms. The van der Waals surface area contributed by atoms with E-state index < -0.39 is 95.1 Å². The Morgan fingerprint density at radius 3 is 1.38 bits per heavy atom. The molecule has 3 aromatic carbocycles. The van der Waals surface area contributed by atoms with Gasteiger partial charge in [-0.2, -0.15) is 0 Å². The average molecular weight is 1250 g/mol. The van der Waals surface area contributed by atoms with Gasteiger partial charge in [0.05, 0.1) is 77.2 Å². The van der Waals surface area contributed by atoms with Crippen LogP contribution in [0.5, 0.6) is 0 Å². The predicted octanol–water partition coefficient (Wildman–Crippen LogP) is 2.90. The summed E-state index contributed by atoms with van der Waals surface area (Å²) in [7, 11) is 2.58. The maximum absolute atomic E-state index is 14.5. The van der Waals surface area contributed by atoms with Crippen molar-refractivity contribution in [2.24, 2.45) is 21.5 Å². The van der Waals surface area contributed by atoms with E-state index in [1.807, 2.05) is 36.4 Å². The summed E-state index contributed by atoms with van der Waals surface area (Å²) in [6.45, 7) is 7.60. The molecule has 4 amide bonds. The second kappa shape index (κ2) is 28.5. The van der Waals surface area contributed by atoms with Crippen LogP contribution in [-0.2, 0) is 96.3 Å². The van der Waals surface area contributed by atoms with Crippen LogP contribution in [0.3, 0.4) is 0 Å². The molecule has 6 N–H and O–H groups in total. The predicted molar refractivity (Wildman–Crippen MR) is 320 cm³/mol. The van der Waals surface area contributed by atoms with Crippen LogP contribution < -0.4 is 22.1 Å². The van der Waals surface area contributed by atoms with Gasteiger partial charge in [-0.1, -0.05) is 82.2 Å². The molecular formula is C60H74Cl2N14O12. The lowest BCUT2D eigenvalue weighted by molar-refractivity contribution is -0.148. The second-order valence-electron chi connectivity index (χ2n) is 22.7. The van der Waals surface area contributed by atoms with Gasteiger partial charge in [-0.25, -0.2) is 28.9 Å². The molecule has 0 aliphatic carbocycles. The van der Waals surface area contributed by atoms with Gasteiger partial charge in [-0.15, -0.1) is 10.2 Å². The average Bonchev–Trinajstić information content (AvgIpc) is 3.03. The monoisotopic (exact) mass is 1250 g/mol. The van der Waals surface area contributed by atoms with Crippen LogP contribution >= 0.6 is 23.2 Å². The first-order valence-corrected chi connectivity index (χ1v) is 29.8. The topological polar surface area (TPSA) is 327 Å². The van der Waals surface area contributed by atoms with E-state index in [1.54, 1.807) is 81.8 Å². The van der Waals surface area contributed by atoms with E-state index in [-0.39, 0.29) is 51.1 Å². The van der Waals surface area contributed by atoms with E-state index in [0.717, 1.165) is 22.3 Å². The lowest BCUT2D eigenvalue weighted by Gasteiger charge is -2.32. The van der Waals surface area contributed by atoms with Crippen molar-refractivity contribution in [2.45, 2.75) is 152 Å². The number of rotatable bonds is 26. The van der Waals surface area contributed by atoms with Crippen LogP contribution in [-0.4, -0.2) is 187 Å². The fraction of sp³-hybridized carbons (Fsp3) is 0.500. The summed E-state index contributed by atoms with van der Waals surface area (Å²) in [5, 5.41) is 23.8. The van der Waals surface area contributed by atoms with Crippen LogP contribution in [0.15, 0.2) is 95.2 Å². The highest BCUT2D eigenvalue weighted by Gasteiger charge is 2.51. The number of hydrogen-bond donors (Lipinski definition) is 4. The number of hydrogen-bond acceptors (Lipinski definition) is 20. The van der Waals surface area contributed by atoms with Crippen molar-refractivity contribution in [2.75, 3.05) is 40.5 Å². The molecule has 2 aromatic heterocycles. The van der Waals surface area contributed by atoms with Crippen molar-refractivity contribution in [3.63, 3.8) is 0 Å². The molecule has 4 unspecified atom stereocenters. The van der Waals surface area contributed by atoms with Crippen molar-refractivity contribution in [3.05, 3.63) is 129 Å². The number of esters is 2. The Kier molecular flexibility index (Phi) is 20.9. The highest BCUT2D eigenvalue weighted by atomic mass is 35.5. The Morgan fingerprint density at radius 2 is 1.01 bits per heavy atom. The van der Waals surface area contributed by atoms with Crippen molar-refractivity contribution in [3.8, 4) is 0 Å². The summed E-state index contributed by atoms with van der Waals surface area (Å²) in [4.78, 5) is 94.5. The maximum Gasteiger partial charge on any atom is 0.337 e. The van der Waals surface area contributed by atoms with Crippen LogP contribution in [0.1, 0.15) is 87.0 Å². The number of halogens is 2. The van der Waals surface area contributed by atoms with E-state index >= 15 is 0 Å². The third kappa shape index (κ3) is 15.3. The molecule has 0 bridgehead atoms. The molecule has 5 aromatic rings. The van der Waals surface area contributed by atoms with Crippen molar-refractivity contribution >= 4 is 70.6 Å². The molecule has 0 saturated carbocycles. The molecule has 4 aliphatic heterocycles. The fourth-order valence-corrected chi connectivity index (χ4v) is 11.6. The number of carbonyl (C=O) groups is 6. The summed E-state index contributed by atoms with van der Waals surface area (Å²) in [5.74, 6) is -2.66. The minimum Gasteiger partial charge on any atom is -0.476 e. The molecule has 4 aliphatic rings. The Labute approximate surface area is 518 Å². The molecule has 2 saturated heterocycles. The summed E-state index contributed by atoms with van der Waals surface area (Å²) < 4.78 is 38.3. The lowest BCUT2D eigenvalue weighted by atomic mass is 9.92. The van der Waals surface area contributed by atoms with Gasteiger partial charge in [0.2, 0.25) is 35.4 Å². The highest BCUT2D eigenvalue weighted by Crippen LogP contribution is 2.34. The molecule has 28 heteroatoms. The lowest BCUT2D eigenvalue weighted by Crippen LogP contribution is -2.58. The molecule has 6 heterocycles. The first-order chi connectivity index (χ1) is 42.2. The van der Waals surface area contributed by atoms with E-state index in [9.17, 15) is 28.8 Å². The van der Waals surface area contributed by atoms with Gasteiger partial charge in [0.15, 0.2) is 11.1 Å². The third-order valence-electron chi connectivity index (χ3n) is 15.9. The van der Waals surface area contributed by atoms with Gasteiger partial charge >= 0.3 is 11.9 Å². The Bertz CT molecular complexity index is 3180. The minimum atomic E-state index is -1.39.